The minimum absolute atomic E-state index is 0.0270. The van der Waals surface area contributed by atoms with Gasteiger partial charge >= 0.3 is 11.9 Å². The molecular formula is C10H11BrF3N3O2. The van der Waals surface area contributed by atoms with E-state index in [2.05, 4.69) is 26.2 Å². The summed E-state index contributed by atoms with van der Waals surface area (Å²) in [6.45, 7) is 0.200. The number of anilines is 1. The van der Waals surface area contributed by atoms with E-state index in [1.54, 1.807) is 0 Å². The van der Waals surface area contributed by atoms with Crippen LogP contribution in [0.5, 0.6) is 0 Å². The number of hydrogen-bond acceptors (Lipinski definition) is 4. The van der Waals surface area contributed by atoms with Gasteiger partial charge in [0.25, 0.3) is 0 Å². The number of hydrogen-bond donors (Lipinski definition) is 1. The Morgan fingerprint density at radius 3 is 2.68 bits per heavy atom. The average molecular weight is 342 g/mol. The molecule has 1 aromatic heterocycles. The normalized spacial score (nSPS) is 11.4. The molecule has 5 nitrogen and oxygen atoms in total. The average Bonchev–Trinajstić information content (AvgIpc) is 2.28. The highest BCUT2D eigenvalue weighted by Gasteiger charge is 2.25. The molecular weight excluding hydrogens is 331 g/mol. The second-order valence-electron chi connectivity index (χ2n) is 3.78. The van der Waals surface area contributed by atoms with Crippen LogP contribution in [0.2, 0.25) is 0 Å². The standard InChI is InChI=1S/C10H11BrF3N3O2/c11-7-5-8(17(18)19)9(16-6-7)15-4-2-1-3-10(12,13)14/h5-6H,1-4H2,(H,15,16). The van der Waals surface area contributed by atoms with Crippen molar-refractivity contribution in [3.05, 3.63) is 26.9 Å². The van der Waals surface area contributed by atoms with Crippen molar-refractivity contribution in [3.8, 4) is 0 Å². The van der Waals surface area contributed by atoms with Crippen molar-refractivity contribution in [1.29, 1.82) is 0 Å². The van der Waals surface area contributed by atoms with Crippen LogP contribution in [-0.4, -0.2) is 22.6 Å². The van der Waals surface area contributed by atoms with Gasteiger partial charge in [0.05, 0.1) is 4.92 Å². The first-order chi connectivity index (χ1) is 8.79. The molecule has 0 fully saturated rings. The Morgan fingerprint density at radius 2 is 2.11 bits per heavy atom. The van der Waals surface area contributed by atoms with Crippen LogP contribution in [0.3, 0.4) is 0 Å². The predicted octanol–water partition coefficient (Wildman–Crippen LogP) is 3.90. The molecule has 0 saturated heterocycles. The molecule has 1 rings (SSSR count). The molecule has 0 aliphatic heterocycles. The largest absolute Gasteiger partial charge is 0.389 e. The maximum Gasteiger partial charge on any atom is 0.389 e. The van der Waals surface area contributed by atoms with Crippen LogP contribution in [-0.2, 0) is 0 Å². The Hall–Kier alpha value is -1.38. The van der Waals surface area contributed by atoms with Crippen LogP contribution in [0.15, 0.2) is 16.7 Å². The zero-order chi connectivity index (χ0) is 14.5. The van der Waals surface area contributed by atoms with Crippen LogP contribution in [0.4, 0.5) is 24.7 Å². The number of alkyl halides is 3. The van der Waals surface area contributed by atoms with Gasteiger partial charge in [-0.25, -0.2) is 4.98 Å². The molecule has 1 heterocycles. The van der Waals surface area contributed by atoms with Gasteiger partial charge < -0.3 is 5.32 Å². The molecule has 0 spiro atoms. The molecule has 9 heteroatoms. The minimum Gasteiger partial charge on any atom is -0.364 e. The van der Waals surface area contributed by atoms with Crippen LogP contribution < -0.4 is 5.32 Å². The van der Waals surface area contributed by atoms with Crippen LogP contribution >= 0.6 is 15.9 Å². The molecule has 1 aromatic rings. The fourth-order valence-corrected chi connectivity index (χ4v) is 1.68. The van der Waals surface area contributed by atoms with Gasteiger partial charge in [-0.05, 0) is 28.8 Å². The van der Waals surface area contributed by atoms with Gasteiger partial charge in [0, 0.05) is 29.7 Å². The molecule has 0 unspecified atom stereocenters. The Kier molecular flexibility index (Phi) is 5.52. The number of aromatic nitrogens is 1. The highest BCUT2D eigenvalue weighted by atomic mass is 79.9. The number of halogens is 4. The number of nitrogens with zero attached hydrogens (tertiary/aromatic N) is 2. The lowest BCUT2D eigenvalue weighted by molar-refractivity contribution is -0.384. The van der Waals surface area contributed by atoms with Gasteiger partial charge in [-0.15, -0.1) is 0 Å². The topological polar surface area (TPSA) is 68.1 Å². The number of pyridine rings is 1. The zero-order valence-corrected chi connectivity index (χ0v) is 11.3. The third-order valence-corrected chi connectivity index (χ3v) is 2.64. The predicted molar refractivity (Wildman–Crippen MR) is 67.0 cm³/mol. The van der Waals surface area contributed by atoms with Gasteiger partial charge in [0.15, 0.2) is 0 Å². The summed E-state index contributed by atoms with van der Waals surface area (Å²) in [6, 6.07) is 1.28. The summed E-state index contributed by atoms with van der Waals surface area (Å²) in [5, 5.41) is 13.4. The van der Waals surface area contributed by atoms with Crippen molar-refractivity contribution in [3.63, 3.8) is 0 Å². The van der Waals surface area contributed by atoms with Crippen LogP contribution in [0, 0.1) is 10.1 Å². The van der Waals surface area contributed by atoms with Crippen molar-refractivity contribution in [2.45, 2.75) is 25.4 Å². The van der Waals surface area contributed by atoms with E-state index in [4.69, 9.17) is 0 Å². The number of nitro groups is 1. The maximum absolute atomic E-state index is 11.9. The number of nitrogens with one attached hydrogen (secondary N) is 1. The van der Waals surface area contributed by atoms with E-state index >= 15 is 0 Å². The molecule has 1 N–H and O–H groups in total. The second kappa shape index (κ2) is 6.69. The molecule has 0 atom stereocenters. The van der Waals surface area contributed by atoms with E-state index in [0.717, 1.165) is 0 Å². The minimum atomic E-state index is -4.16. The Labute approximate surface area is 115 Å². The summed E-state index contributed by atoms with van der Waals surface area (Å²) in [5.41, 5.74) is -0.217. The first-order valence-electron chi connectivity index (χ1n) is 5.40. The van der Waals surface area contributed by atoms with E-state index < -0.39 is 17.5 Å². The fourth-order valence-electron chi connectivity index (χ4n) is 1.36. The molecule has 0 aromatic carbocycles. The van der Waals surface area contributed by atoms with E-state index in [9.17, 15) is 23.3 Å². The first-order valence-corrected chi connectivity index (χ1v) is 6.19. The van der Waals surface area contributed by atoms with Crippen molar-refractivity contribution in [2.24, 2.45) is 0 Å². The highest BCUT2D eigenvalue weighted by molar-refractivity contribution is 9.10. The van der Waals surface area contributed by atoms with Crippen molar-refractivity contribution in [1.82, 2.24) is 4.98 Å². The lowest BCUT2D eigenvalue weighted by Crippen LogP contribution is -2.10. The van der Waals surface area contributed by atoms with E-state index in [0.29, 0.717) is 4.47 Å². The molecule has 0 aliphatic carbocycles. The summed E-state index contributed by atoms with van der Waals surface area (Å²) in [5.74, 6) is 0.0557. The summed E-state index contributed by atoms with van der Waals surface area (Å²) < 4.78 is 36.1. The van der Waals surface area contributed by atoms with Gasteiger partial charge in [0.2, 0.25) is 5.82 Å². The fraction of sp³-hybridized carbons (Fsp3) is 0.500. The highest BCUT2D eigenvalue weighted by Crippen LogP contribution is 2.26. The Balaban J connectivity index is 2.47. The molecule has 0 amide bonds. The smallest absolute Gasteiger partial charge is 0.364 e. The molecule has 0 bridgehead atoms. The second-order valence-corrected chi connectivity index (χ2v) is 4.69. The third-order valence-electron chi connectivity index (χ3n) is 2.21. The van der Waals surface area contributed by atoms with Crippen LogP contribution in [0.25, 0.3) is 0 Å². The Morgan fingerprint density at radius 1 is 1.42 bits per heavy atom. The van der Waals surface area contributed by atoms with Gasteiger partial charge in [0.1, 0.15) is 0 Å². The third kappa shape index (κ3) is 5.86. The summed E-state index contributed by atoms with van der Waals surface area (Å²) >= 11 is 3.06. The number of rotatable bonds is 6. The van der Waals surface area contributed by atoms with Crippen molar-refractivity contribution < 1.29 is 18.1 Å². The van der Waals surface area contributed by atoms with Crippen LogP contribution in [0.1, 0.15) is 19.3 Å². The molecule has 0 aliphatic rings. The molecule has 19 heavy (non-hydrogen) atoms. The van der Waals surface area contributed by atoms with Gasteiger partial charge in [-0.2, -0.15) is 13.2 Å². The Bertz CT molecular complexity index is 454. The zero-order valence-electron chi connectivity index (χ0n) is 9.71. The summed E-state index contributed by atoms with van der Waals surface area (Å²) in [7, 11) is 0. The SMILES string of the molecule is O=[N+]([O-])c1cc(Br)cnc1NCCCCC(F)(F)F. The van der Waals surface area contributed by atoms with E-state index in [-0.39, 0.29) is 30.9 Å². The lowest BCUT2D eigenvalue weighted by Gasteiger charge is -2.07. The maximum atomic E-state index is 11.9. The van der Waals surface area contributed by atoms with Gasteiger partial charge in [-0.3, -0.25) is 10.1 Å². The monoisotopic (exact) mass is 341 g/mol. The van der Waals surface area contributed by atoms with Gasteiger partial charge in [-0.1, -0.05) is 0 Å². The van der Waals surface area contributed by atoms with E-state index in [1.165, 1.54) is 12.3 Å². The molecule has 0 saturated carbocycles. The van der Waals surface area contributed by atoms with Crippen molar-refractivity contribution >= 4 is 27.4 Å². The lowest BCUT2D eigenvalue weighted by atomic mass is 10.2. The first kappa shape index (κ1) is 15.7. The van der Waals surface area contributed by atoms with Crippen molar-refractivity contribution in [2.75, 3.05) is 11.9 Å². The van der Waals surface area contributed by atoms with E-state index in [1.807, 2.05) is 0 Å². The molecule has 106 valence electrons. The molecule has 0 radical (unpaired) electrons. The summed E-state index contributed by atoms with van der Waals surface area (Å²) in [4.78, 5) is 14.0. The number of unbranched alkanes of at least 4 members (excludes halogenated alkanes) is 1. The quantitative estimate of drug-likeness (QED) is 0.484. The summed E-state index contributed by atoms with van der Waals surface area (Å²) in [6.07, 6.45) is -3.41.